The molecule has 0 aliphatic rings. The average molecular weight is 250 g/mol. The average Bonchev–Trinajstić information content (AvgIpc) is 2.42. The molecule has 0 saturated carbocycles. The van der Waals surface area contributed by atoms with Gasteiger partial charge in [-0.25, -0.2) is 0 Å². The fraction of sp³-hybridized carbons (Fsp3) is 0.600. The molecule has 0 saturated heterocycles. The van der Waals surface area contributed by atoms with Crippen molar-refractivity contribution in [1.29, 1.82) is 0 Å². The van der Waals surface area contributed by atoms with Crippen molar-refractivity contribution >= 4 is 0 Å². The predicted molar refractivity (Wildman–Crippen MR) is 77.5 cm³/mol. The first-order chi connectivity index (χ1) is 8.81. The van der Waals surface area contributed by atoms with Gasteiger partial charge in [0.05, 0.1) is 7.11 Å². The highest BCUT2D eigenvalue weighted by Crippen LogP contribution is 2.20. The first-order valence-corrected chi connectivity index (χ1v) is 6.89. The normalized spacial score (nSPS) is 10.6. The van der Waals surface area contributed by atoms with Gasteiger partial charge in [-0.15, -0.1) is 0 Å². The van der Waals surface area contributed by atoms with Crippen LogP contribution in [0.4, 0.5) is 0 Å². The van der Waals surface area contributed by atoms with E-state index in [2.05, 4.69) is 42.7 Å². The number of methoxy groups -OCH3 is 1. The van der Waals surface area contributed by atoms with Crippen LogP contribution in [-0.4, -0.2) is 33.3 Å². The second kappa shape index (κ2) is 8.95. The molecule has 0 fully saturated rings. The van der Waals surface area contributed by atoms with Crippen LogP contribution in [0.1, 0.15) is 25.0 Å². The second-order valence-electron chi connectivity index (χ2n) is 4.35. The van der Waals surface area contributed by atoms with E-state index in [1.54, 1.807) is 7.11 Å². The van der Waals surface area contributed by atoms with E-state index >= 15 is 0 Å². The van der Waals surface area contributed by atoms with Gasteiger partial charge >= 0.3 is 0 Å². The molecular weight excluding hydrogens is 224 g/mol. The van der Waals surface area contributed by atoms with Crippen LogP contribution in [0, 0.1) is 0 Å². The van der Waals surface area contributed by atoms with Crippen LogP contribution in [-0.2, 0) is 12.8 Å². The summed E-state index contributed by atoms with van der Waals surface area (Å²) in [6.07, 6.45) is 2.09. The summed E-state index contributed by atoms with van der Waals surface area (Å²) >= 11 is 0. The molecule has 3 nitrogen and oxygen atoms in total. The van der Waals surface area contributed by atoms with E-state index in [9.17, 15) is 0 Å². The number of rotatable bonds is 9. The van der Waals surface area contributed by atoms with Crippen LogP contribution >= 0.6 is 0 Å². The number of likely N-dealkylation sites (N-methyl/N-ethyl adjacent to an activating group) is 1. The lowest BCUT2D eigenvalue weighted by Crippen LogP contribution is -2.28. The van der Waals surface area contributed by atoms with Crippen LogP contribution in [0.5, 0.6) is 5.75 Å². The smallest absolute Gasteiger partial charge is 0.122 e. The van der Waals surface area contributed by atoms with E-state index in [1.165, 1.54) is 11.1 Å². The lowest BCUT2D eigenvalue weighted by molar-refractivity contribution is 0.410. The minimum Gasteiger partial charge on any atom is -0.496 e. The molecule has 1 rings (SSSR count). The topological polar surface area (TPSA) is 33.3 Å². The summed E-state index contributed by atoms with van der Waals surface area (Å²) in [5.41, 5.74) is 2.67. The number of ether oxygens (including phenoxy) is 1. The van der Waals surface area contributed by atoms with Gasteiger partial charge in [0, 0.05) is 13.1 Å². The second-order valence-corrected chi connectivity index (χ2v) is 4.35. The van der Waals surface area contributed by atoms with Gasteiger partial charge in [0.15, 0.2) is 0 Å². The molecule has 0 bridgehead atoms. The van der Waals surface area contributed by atoms with Gasteiger partial charge in [-0.1, -0.05) is 26.0 Å². The lowest BCUT2D eigenvalue weighted by Gasteiger charge is -2.10. The van der Waals surface area contributed by atoms with Crippen molar-refractivity contribution in [3.63, 3.8) is 0 Å². The first kappa shape index (κ1) is 15.0. The zero-order chi connectivity index (χ0) is 13.2. The highest BCUT2D eigenvalue weighted by molar-refractivity contribution is 5.37. The van der Waals surface area contributed by atoms with Gasteiger partial charge in [0.2, 0.25) is 0 Å². The molecule has 18 heavy (non-hydrogen) atoms. The predicted octanol–water partition coefficient (Wildman–Crippen LogP) is 2.00. The van der Waals surface area contributed by atoms with E-state index in [0.717, 1.165) is 44.8 Å². The van der Waals surface area contributed by atoms with Crippen molar-refractivity contribution in [2.75, 3.05) is 33.3 Å². The van der Waals surface area contributed by atoms with Crippen LogP contribution in [0.2, 0.25) is 0 Å². The van der Waals surface area contributed by atoms with E-state index in [4.69, 9.17) is 4.74 Å². The summed E-state index contributed by atoms with van der Waals surface area (Å²) in [5.74, 6) is 1.00. The maximum absolute atomic E-state index is 5.34. The lowest BCUT2D eigenvalue weighted by atomic mass is 10.1. The Morgan fingerprint density at radius 1 is 1.06 bits per heavy atom. The molecule has 0 spiro atoms. The molecule has 0 unspecified atom stereocenters. The molecule has 1 aromatic carbocycles. The molecule has 0 atom stereocenters. The largest absolute Gasteiger partial charge is 0.496 e. The van der Waals surface area contributed by atoms with Crippen LogP contribution in [0.15, 0.2) is 18.2 Å². The van der Waals surface area contributed by atoms with Crippen molar-refractivity contribution in [3.05, 3.63) is 29.3 Å². The summed E-state index contributed by atoms with van der Waals surface area (Å²) in [5, 5.41) is 6.74. The molecule has 2 N–H and O–H groups in total. The van der Waals surface area contributed by atoms with Crippen LogP contribution < -0.4 is 15.4 Å². The van der Waals surface area contributed by atoms with Gasteiger partial charge in [0.25, 0.3) is 0 Å². The number of aryl methyl sites for hydroxylation is 1. The van der Waals surface area contributed by atoms with Gasteiger partial charge in [-0.2, -0.15) is 0 Å². The standard InChI is InChI=1S/C15H26N2O/c1-4-14-12-13(6-7-15(14)18-3)8-9-17-11-10-16-5-2/h6-7,12,16-17H,4-5,8-11H2,1-3H3. The molecule has 0 radical (unpaired) electrons. The van der Waals surface area contributed by atoms with Gasteiger partial charge in [-0.3, -0.25) is 0 Å². The molecule has 0 aliphatic carbocycles. The molecule has 102 valence electrons. The molecule has 0 amide bonds. The van der Waals surface area contributed by atoms with Crippen molar-refractivity contribution in [2.24, 2.45) is 0 Å². The minimum absolute atomic E-state index is 1.00. The Labute approximate surface area is 111 Å². The summed E-state index contributed by atoms with van der Waals surface area (Å²) in [6, 6.07) is 6.49. The van der Waals surface area contributed by atoms with E-state index < -0.39 is 0 Å². The minimum atomic E-state index is 1.00. The number of benzene rings is 1. The molecular formula is C15H26N2O. The Kier molecular flexibility index (Phi) is 7.46. The van der Waals surface area contributed by atoms with Crippen molar-refractivity contribution in [2.45, 2.75) is 26.7 Å². The highest BCUT2D eigenvalue weighted by atomic mass is 16.5. The monoisotopic (exact) mass is 250 g/mol. The number of nitrogens with one attached hydrogen (secondary N) is 2. The maximum Gasteiger partial charge on any atom is 0.122 e. The third-order valence-electron chi connectivity index (χ3n) is 3.04. The zero-order valence-electron chi connectivity index (χ0n) is 11.9. The van der Waals surface area contributed by atoms with Gasteiger partial charge in [-0.05, 0) is 43.1 Å². The van der Waals surface area contributed by atoms with Crippen LogP contribution in [0.3, 0.4) is 0 Å². The molecule has 3 heteroatoms. The van der Waals surface area contributed by atoms with E-state index in [1.807, 2.05) is 0 Å². The summed E-state index contributed by atoms with van der Waals surface area (Å²) in [4.78, 5) is 0. The molecule has 0 aliphatic heterocycles. The SMILES string of the molecule is CCNCCNCCc1ccc(OC)c(CC)c1. The summed E-state index contributed by atoms with van der Waals surface area (Å²) in [6.45, 7) is 8.44. The number of hydrogen-bond donors (Lipinski definition) is 2. The van der Waals surface area contributed by atoms with Crippen molar-refractivity contribution in [1.82, 2.24) is 10.6 Å². The van der Waals surface area contributed by atoms with Gasteiger partial charge in [0.1, 0.15) is 5.75 Å². The van der Waals surface area contributed by atoms with Crippen LogP contribution in [0.25, 0.3) is 0 Å². The zero-order valence-corrected chi connectivity index (χ0v) is 11.9. The fourth-order valence-electron chi connectivity index (χ4n) is 1.98. The Balaban J connectivity index is 2.34. The molecule has 1 aromatic rings. The van der Waals surface area contributed by atoms with Gasteiger partial charge < -0.3 is 15.4 Å². The van der Waals surface area contributed by atoms with Crippen molar-refractivity contribution in [3.8, 4) is 5.75 Å². The van der Waals surface area contributed by atoms with E-state index in [0.29, 0.717) is 0 Å². The summed E-state index contributed by atoms with van der Waals surface area (Å²) in [7, 11) is 1.73. The Morgan fingerprint density at radius 3 is 2.50 bits per heavy atom. The third kappa shape index (κ3) is 5.07. The third-order valence-corrected chi connectivity index (χ3v) is 3.04. The quantitative estimate of drug-likeness (QED) is 0.658. The van der Waals surface area contributed by atoms with Crippen molar-refractivity contribution < 1.29 is 4.74 Å². The Hall–Kier alpha value is -1.06. The maximum atomic E-state index is 5.34. The Morgan fingerprint density at radius 2 is 1.83 bits per heavy atom. The molecule has 0 heterocycles. The molecule has 0 aromatic heterocycles. The highest BCUT2D eigenvalue weighted by Gasteiger charge is 2.02. The fourth-order valence-corrected chi connectivity index (χ4v) is 1.98. The Bertz CT molecular complexity index is 339. The number of hydrogen-bond acceptors (Lipinski definition) is 3. The first-order valence-electron chi connectivity index (χ1n) is 6.89. The van der Waals surface area contributed by atoms with E-state index in [-0.39, 0.29) is 0 Å². The summed E-state index contributed by atoms with van der Waals surface area (Å²) < 4.78 is 5.34.